The maximum Gasteiger partial charge on any atom is 0.251 e. The number of nitrogens with one attached hydrogen (secondary N) is 1. The Kier molecular flexibility index (Phi) is 5.03. The molecule has 3 aromatic rings. The van der Waals surface area contributed by atoms with Crippen LogP contribution in [0.4, 0.5) is 0 Å². The SMILES string of the molecule is COc1ccc(C(=O)N[C@H](CC(C)C)c2nc3ccccc3o2)cc1. The lowest BCUT2D eigenvalue weighted by atomic mass is 10.0. The van der Waals surface area contributed by atoms with Crippen LogP contribution in [0.15, 0.2) is 52.9 Å². The number of methoxy groups -OCH3 is 1. The second-order valence-electron chi connectivity index (χ2n) is 6.40. The molecule has 2 aromatic carbocycles. The Morgan fingerprint density at radius 3 is 2.52 bits per heavy atom. The van der Waals surface area contributed by atoms with E-state index in [-0.39, 0.29) is 11.9 Å². The molecule has 0 aliphatic heterocycles. The first-order valence-corrected chi connectivity index (χ1v) is 8.37. The summed E-state index contributed by atoms with van der Waals surface area (Å²) in [6, 6.07) is 14.4. The van der Waals surface area contributed by atoms with E-state index in [2.05, 4.69) is 24.1 Å². The van der Waals surface area contributed by atoms with Crippen LogP contribution in [0.2, 0.25) is 0 Å². The maximum absolute atomic E-state index is 12.6. The summed E-state index contributed by atoms with van der Waals surface area (Å²) in [4.78, 5) is 17.1. The molecule has 1 heterocycles. The molecule has 5 heteroatoms. The quantitative estimate of drug-likeness (QED) is 0.725. The van der Waals surface area contributed by atoms with Crippen molar-refractivity contribution in [3.8, 4) is 5.75 Å². The molecule has 3 rings (SSSR count). The number of ether oxygens (including phenoxy) is 1. The van der Waals surface area contributed by atoms with Gasteiger partial charge in [-0.25, -0.2) is 4.98 Å². The highest BCUT2D eigenvalue weighted by atomic mass is 16.5. The first kappa shape index (κ1) is 17.0. The molecule has 0 aliphatic rings. The summed E-state index contributed by atoms with van der Waals surface area (Å²) in [5, 5.41) is 3.04. The number of amides is 1. The molecular formula is C20H22N2O3. The van der Waals surface area contributed by atoms with Crippen molar-refractivity contribution in [3.05, 3.63) is 60.0 Å². The molecule has 130 valence electrons. The van der Waals surface area contributed by atoms with Gasteiger partial charge in [-0.15, -0.1) is 0 Å². The molecule has 0 bridgehead atoms. The van der Waals surface area contributed by atoms with Gasteiger partial charge in [-0.2, -0.15) is 0 Å². The third kappa shape index (κ3) is 3.99. The molecule has 5 nitrogen and oxygen atoms in total. The van der Waals surface area contributed by atoms with E-state index in [0.29, 0.717) is 23.1 Å². The van der Waals surface area contributed by atoms with Crippen LogP contribution < -0.4 is 10.1 Å². The fourth-order valence-electron chi connectivity index (χ4n) is 2.72. The Hall–Kier alpha value is -2.82. The van der Waals surface area contributed by atoms with Crippen LogP contribution in [-0.4, -0.2) is 18.0 Å². The normalized spacial score (nSPS) is 12.3. The number of oxazole rings is 1. The van der Waals surface area contributed by atoms with Gasteiger partial charge in [-0.3, -0.25) is 4.79 Å². The number of fused-ring (bicyclic) bond motifs is 1. The van der Waals surface area contributed by atoms with Gasteiger partial charge in [-0.05, 0) is 48.7 Å². The molecule has 0 aliphatic carbocycles. The zero-order valence-electron chi connectivity index (χ0n) is 14.7. The molecule has 1 amide bonds. The van der Waals surface area contributed by atoms with Gasteiger partial charge in [0.25, 0.3) is 5.91 Å². The van der Waals surface area contributed by atoms with E-state index in [4.69, 9.17) is 9.15 Å². The largest absolute Gasteiger partial charge is 0.497 e. The third-order valence-corrected chi connectivity index (χ3v) is 3.97. The van der Waals surface area contributed by atoms with Gasteiger partial charge in [0, 0.05) is 5.56 Å². The second-order valence-corrected chi connectivity index (χ2v) is 6.40. The van der Waals surface area contributed by atoms with E-state index in [1.165, 1.54) is 0 Å². The summed E-state index contributed by atoms with van der Waals surface area (Å²) in [7, 11) is 1.60. The fraction of sp³-hybridized carbons (Fsp3) is 0.300. The van der Waals surface area contributed by atoms with Crippen molar-refractivity contribution >= 4 is 17.0 Å². The fourth-order valence-corrected chi connectivity index (χ4v) is 2.72. The van der Waals surface area contributed by atoms with Gasteiger partial charge < -0.3 is 14.5 Å². The van der Waals surface area contributed by atoms with Crippen molar-refractivity contribution in [1.82, 2.24) is 10.3 Å². The van der Waals surface area contributed by atoms with Crippen molar-refractivity contribution in [2.24, 2.45) is 5.92 Å². The van der Waals surface area contributed by atoms with Crippen LogP contribution in [0, 0.1) is 5.92 Å². The van der Waals surface area contributed by atoms with Crippen LogP contribution in [0.3, 0.4) is 0 Å². The molecule has 1 atom stereocenters. The number of carbonyl (C=O) groups is 1. The van der Waals surface area contributed by atoms with E-state index >= 15 is 0 Å². The average molecular weight is 338 g/mol. The lowest BCUT2D eigenvalue weighted by Crippen LogP contribution is -2.29. The summed E-state index contributed by atoms with van der Waals surface area (Å²) in [5.41, 5.74) is 2.10. The minimum absolute atomic E-state index is 0.157. The maximum atomic E-state index is 12.6. The monoisotopic (exact) mass is 338 g/mol. The molecule has 0 fully saturated rings. The van der Waals surface area contributed by atoms with Gasteiger partial charge in [0.2, 0.25) is 5.89 Å². The van der Waals surface area contributed by atoms with Crippen molar-refractivity contribution in [2.45, 2.75) is 26.3 Å². The first-order chi connectivity index (χ1) is 12.1. The third-order valence-electron chi connectivity index (χ3n) is 3.97. The smallest absolute Gasteiger partial charge is 0.251 e. The number of rotatable bonds is 6. The Balaban J connectivity index is 1.83. The number of hydrogen-bond acceptors (Lipinski definition) is 4. The van der Waals surface area contributed by atoms with Crippen molar-refractivity contribution < 1.29 is 13.9 Å². The summed E-state index contributed by atoms with van der Waals surface area (Å²) in [6.45, 7) is 4.21. The van der Waals surface area contributed by atoms with E-state index in [1.54, 1.807) is 31.4 Å². The molecule has 0 radical (unpaired) electrons. The highest BCUT2D eigenvalue weighted by Gasteiger charge is 2.22. The highest BCUT2D eigenvalue weighted by molar-refractivity contribution is 5.94. The zero-order valence-corrected chi connectivity index (χ0v) is 14.7. The Bertz CT molecular complexity index is 820. The second kappa shape index (κ2) is 7.38. The summed E-state index contributed by atoms with van der Waals surface area (Å²) in [6.07, 6.45) is 0.745. The van der Waals surface area contributed by atoms with E-state index in [9.17, 15) is 4.79 Å². The van der Waals surface area contributed by atoms with Crippen LogP contribution in [-0.2, 0) is 0 Å². The van der Waals surface area contributed by atoms with Gasteiger partial charge in [0.05, 0.1) is 7.11 Å². The van der Waals surface area contributed by atoms with Crippen LogP contribution in [0.5, 0.6) is 5.75 Å². The minimum Gasteiger partial charge on any atom is -0.497 e. The topological polar surface area (TPSA) is 64.4 Å². The minimum atomic E-state index is -0.276. The average Bonchev–Trinajstić information content (AvgIpc) is 3.05. The predicted molar refractivity (Wildman–Crippen MR) is 96.7 cm³/mol. The Morgan fingerprint density at radius 1 is 1.16 bits per heavy atom. The Labute approximate surface area is 147 Å². The number of aromatic nitrogens is 1. The lowest BCUT2D eigenvalue weighted by Gasteiger charge is -2.17. The number of para-hydroxylation sites is 2. The number of nitrogens with zero attached hydrogens (tertiary/aromatic N) is 1. The number of carbonyl (C=O) groups excluding carboxylic acids is 1. The van der Waals surface area contributed by atoms with Gasteiger partial charge >= 0.3 is 0 Å². The molecule has 0 saturated heterocycles. The standard InChI is InChI=1S/C20H22N2O3/c1-13(2)12-17(20-22-16-6-4-5-7-18(16)25-20)21-19(23)14-8-10-15(24-3)11-9-14/h4-11,13,17H,12H2,1-3H3,(H,21,23)/t17-/m1/s1. The number of benzene rings is 2. The number of hydrogen-bond donors (Lipinski definition) is 1. The zero-order chi connectivity index (χ0) is 17.8. The molecule has 25 heavy (non-hydrogen) atoms. The van der Waals surface area contributed by atoms with Crippen molar-refractivity contribution in [2.75, 3.05) is 7.11 Å². The van der Waals surface area contributed by atoms with Crippen LogP contribution >= 0.6 is 0 Å². The van der Waals surface area contributed by atoms with Crippen LogP contribution in [0.1, 0.15) is 42.6 Å². The Morgan fingerprint density at radius 2 is 1.88 bits per heavy atom. The van der Waals surface area contributed by atoms with Gasteiger partial charge in [0.1, 0.15) is 17.3 Å². The summed E-state index contributed by atoms with van der Waals surface area (Å²) < 4.78 is 11.0. The van der Waals surface area contributed by atoms with Crippen molar-refractivity contribution in [3.63, 3.8) is 0 Å². The molecule has 0 saturated carbocycles. The molecule has 1 aromatic heterocycles. The first-order valence-electron chi connectivity index (χ1n) is 8.37. The van der Waals surface area contributed by atoms with E-state index in [0.717, 1.165) is 17.5 Å². The lowest BCUT2D eigenvalue weighted by molar-refractivity contribution is 0.0925. The van der Waals surface area contributed by atoms with Crippen LogP contribution in [0.25, 0.3) is 11.1 Å². The van der Waals surface area contributed by atoms with Gasteiger partial charge in [-0.1, -0.05) is 26.0 Å². The van der Waals surface area contributed by atoms with Gasteiger partial charge in [0.15, 0.2) is 5.58 Å². The molecule has 1 N–H and O–H groups in total. The molecular weight excluding hydrogens is 316 g/mol. The van der Waals surface area contributed by atoms with Crippen molar-refractivity contribution in [1.29, 1.82) is 0 Å². The molecule has 0 unspecified atom stereocenters. The summed E-state index contributed by atoms with van der Waals surface area (Å²) in [5.74, 6) is 1.48. The highest BCUT2D eigenvalue weighted by Crippen LogP contribution is 2.25. The van der Waals surface area contributed by atoms with E-state index in [1.807, 2.05) is 24.3 Å². The predicted octanol–water partition coefficient (Wildman–Crippen LogP) is 4.35. The summed E-state index contributed by atoms with van der Waals surface area (Å²) >= 11 is 0. The molecule has 0 spiro atoms. The van der Waals surface area contributed by atoms with E-state index < -0.39 is 0 Å².